The summed E-state index contributed by atoms with van der Waals surface area (Å²) in [6, 6.07) is 0. The van der Waals surface area contributed by atoms with E-state index in [0.29, 0.717) is 33.3 Å². The third-order valence-corrected chi connectivity index (χ3v) is 0. The van der Waals surface area contributed by atoms with E-state index in [0.717, 1.165) is 0 Å². The molecule has 0 aromatic heterocycles. The summed E-state index contributed by atoms with van der Waals surface area (Å²) >= 11 is 22.5. The Labute approximate surface area is 157 Å². The molecule has 0 saturated carbocycles. The zero-order chi connectivity index (χ0) is 16.2. The predicted octanol–water partition coefficient (Wildman–Crippen LogP) is -1.59. The molecule has 0 aliphatic carbocycles. The minimum Gasteiger partial charge on any atom is -0.870 e. The van der Waals surface area contributed by atoms with Gasteiger partial charge in [-0.1, -0.05) is 22.2 Å². The van der Waals surface area contributed by atoms with E-state index < -0.39 is 0 Å². The topological polar surface area (TPSA) is 133 Å². The quantitative estimate of drug-likeness (QED) is 0.443. The molecule has 0 heterocycles. The Kier molecular flexibility index (Phi) is 455. The van der Waals surface area contributed by atoms with Gasteiger partial charge in [0.25, 0.3) is 0 Å². The van der Waals surface area contributed by atoms with Crippen LogP contribution in [0.1, 0.15) is 0 Å². The molecule has 0 saturated heterocycles. The molecule has 0 atom stereocenters. The summed E-state index contributed by atoms with van der Waals surface area (Å²) < 4.78 is 0. The number of hydrogen-bond acceptors (Lipinski definition) is 10. The standard InChI is InChI=1S/6CH2OS.C.H2S/c6*2-1-3;;/h6*1H,(H,2,3);;1H2/q;;;;;;+4;/p-4. The second kappa shape index (κ2) is 181. The summed E-state index contributed by atoms with van der Waals surface area (Å²) in [5.41, 5.74) is 2.50. The fraction of sp³-hybridized carbons (Fsp3) is 0. The van der Waals surface area contributed by atoms with Crippen LogP contribution in [0.5, 0.6) is 0 Å². The molecule has 0 aliphatic heterocycles. The molecule has 116 valence electrons. The third-order valence-electron chi connectivity index (χ3n) is 0. The SMILES string of the molecule is OC=S.OC=S.S.[C+4].[O-]C=S.[O-]C=S.[O-]C=S.[O-]C=S. The van der Waals surface area contributed by atoms with Gasteiger partial charge in [0.05, 0.1) is 0 Å². The van der Waals surface area contributed by atoms with Crippen molar-refractivity contribution in [3.8, 4) is 0 Å². The second-order valence-electron chi connectivity index (χ2n) is 0.596. The summed E-state index contributed by atoms with van der Waals surface area (Å²) in [5.74, 6) is 0. The Bertz CT molecular complexity index is 123. The van der Waals surface area contributed by atoms with E-state index in [1.165, 1.54) is 0 Å². The van der Waals surface area contributed by atoms with Gasteiger partial charge in [-0.3, -0.25) is 0 Å². The van der Waals surface area contributed by atoms with Crippen molar-refractivity contribution in [1.29, 1.82) is 0 Å². The molecule has 0 fully saturated rings. The molecule has 0 aromatic carbocycles. The van der Waals surface area contributed by atoms with Crippen LogP contribution in [0.2, 0.25) is 0 Å². The average Bonchev–Trinajstić information content (AvgIpc) is 2.23. The van der Waals surface area contributed by atoms with Gasteiger partial charge >= 0.3 is 7.43 Å². The minimum atomic E-state index is 0. The maximum absolute atomic E-state index is 8.62. The van der Waals surface area contributed by atoms with Crippen molar-refractivity contribution in [2.45, 2.75) is 0 Å². The molecule has 6 nitrogen and oxygen atoms in total. The largest absolute Gasteiger partial charge is 4.00 e. The van der Waals surface area contributed by atoms with Crippen molar-refractivity contribution in [2.75, 3.05) is 0 Å². The normalized spacial score (nSPS) is 3.60. The smallest absolute Gasteiger partial charge is 0.870 e. The first kappa shape index (κ1) is 50.3. The molecule has 0 aliphatic rings. The van der Waals surface area contributed by atoms with E-state index in [1.807, 2.05) is 0 Å². The molecule has 0 unspecified atom stereocenters. The molecule has 0 aromatic rings. The van der Waals surface area contributed by atoms with Crippen molar-refractivity contribution in [3.63, 3.8) is 0 Å². The van der Waals surface area contributed by atoms with E-state index in [4.69, 9.17) is 30.6 Å². The zero-order valence-corrected chi connectivity index (χ0v) is 15.3. The van der Waals surface area contributed by atoms with Gasteiger partial charge in [0, 0.05) is 0 Å². The molecule has 0 radical (unpaired) electrons. The van der Waals surface area contributed by atoms with Gasteiger partial charge in [0.2, 0.25) is 0 Å². The van der Waals surface area contributed by atoms with Gasteiger partial charge in [0.15, 0.2) is 0 Å². The van der Waals surface area contributed by atoms with Gasteiger partial charge < -0.3 is 30.6 Å². The van der Waals surface area contributed by atoms with Gasteiger partial charge in [-0.25, -0.2) is 0 Å². The van der Waals surface area contributed by atoms with Crippen molar-refractivity contribution >= 4 is 120 Å². The predicted molar refractivity (Wildman–Crippen MR) is 101 cm³/mol. The van der Waals surface area contributed by atoms with Crippen LogP contribution >= 0.6 is 86.8 Å². The second-order valence-corrected chi connectivity index (χ2v) is 1.79. The van der Waals surface area contributed by atoms with Crippen molar-refractivity contribution in [1.82, 2.24) is 0 Å². The van der Waals surface area contributed by atoms with E-state index in [-0.39, 0.29) is 20.9 Å². The van der Waals surface area contributed by atoms with E-state index in [9.17, 15) is 0 Å². The van der Waals surface area contributed by atoms with Crippen LogP contribution in [0, 0.1) is 7.43 Å². The van der Waals surface area contributed by atoms with E-state index >= 15 is 0 Å². The fourth-order valence-electron chi connectivity index (χ4n) is 0. The number of aliphatic hydroxyl groups is 2. The van der Waals surface area contributed by atoms with Crippen LogP contribution in [0.3, 0.4) is 0 Å². The third kappa shape index (κ3) is 51300. The molecular formula is C7H10O6S7. The summed E-state index contributed by atoms with van der Waals surface area (Å²) in [4.78, 5) is 0. The first-order valence-electron chi connectivity index (χ1n) is 2.87. The minimum absolute atomic E-state index is 0. The number of hydrogen-bond donors (Lipinski definition) is 2. The van der Waals surface area contributed by atoms with Crippen LogP contribution in [-0.2, 0) is 0 Å². The first-order chi connectivity index (χ1) is 8.49. The van der Waals surface area contributed by atoms with Crippen LogP contribution < -0.4 is 20.4 Å². The monoisotopic (exact) mass is 414 g/mol. The maximum Gasteiger partial charge on any atom is 4.00 e. The van der Waals surface area contributed by atoms with Crippen LogP contribution in [0.25, 0.3) is 0 Å². The molecule has 0 bridgehead atoms. The zero-order valence-electron chi connectivity index (χ0n) is 9.44. The summed E-state index contributed by atoms with van der Waals surface area (Å²) in [5, 5.41) is 49.0. The Morgan fingerprint density at radius 2 is 0.550 bits per heavy atom. The number of aliphatic hydroxyl groups excluding tert-OH is 2. The first-order valence-corrected chi connectivity index (χ1v) is 5.70. The molecule has 0 rings (SSSR count). The van der Waals surface area contributed by atoms with Crippen molar-refractivity contribution < 1.29 is 30.6 Å². The number of thiocarbonyl (C=S) groups is 6. The van der Waals surface area contributed by atoms with Crippen molar-refractivity contribution in [2.24, 2.45) is 0 Å². The molecule has 2 N–H and O–H groups in total. The summed E-state index contributed by atoms with van der Waals surface area (Å²) in [6.07, 6.45) is 0. The van der Waals surface area contributed by atoms with Crippen LogP contribution in [0.15, 0.2) is 0 Å². The van der Waals surface area contributed by atoms with Crippen LogP contribution in [-0.4, -0.2) is 43.5 Å². The van der Waals surface area contributed by atoms with Gasteiger partial charge in [0.1, 0.15) is 11.1 Å². The van der Waals surface area contributed by atoms with Gasteiger partial charge in [-0.05, 0) is 24.4 Å². The Morgan fingerprint density at radius 3 is 0.550 bits per heavy atom. The molecule has 13 heteroatoms. The van der Waals surface area contributed by atoms with Gasteiger partial charge in [-0.15, -0.1) is 48.9 Å². The van der Waals surface area contributed by atoms with Crippen molar-refractivity contribution in [3.05, 3.63) is 7.43 Å². The Hall–Kier alpha value is -0.310. The average molecular weight is 415 g/mol. The Morgan fingerprint density at radius 1 is 0.550 bits per heavy atom. The molecule has 20 heavy (non-hydrogen) atoms. The van der Waals surface area contributed by atoms with E-state index in [1.54, 1.807) is 0 Å². The molecular weight excluding hydrogens is 405 g/mol. The summed E-state index contributed by atoms with van der Waals surface area (Å²) in [6.45, 7) is 0. The maximum atomic E-state index is 8.62. The number of rotatable bonds is 0. The Balaban J connectivity index is -0.0000000141. The fourth-order valence-corrected chi connectivity index (χ4v) is 0. The molecule has 0 amide bonds. The van der Waals surface area contributed by atoms with Gasteiger partial charge in [-0.2, -0.15) is 13.5 Å². The van der Waals surface area contributed by atoms with E-state index in [2.05, 4.69) is 73.3 Å². The summed E-state index contributed by atoms with van der Waals surface area (Å²) in [7, 11) is 0. The molecule has 0 spiro atoms. The van der Waals surface area contributed by atoms with Crippen LogP contribution in [0.4, 0.5) is 0 Å².